The number of halogens is 1. The van der Waals surface area contributed by atoms with Gasteiger partial charge in [0.05, 0.1) is 0 Å². The number of piperazine rings is 1. The molecule has 0 spiro atoms. The number of carbonyl (C=O) groups excluding carboxylic acids is 1. The largest absolute Gasteiger partial charge is 0.354 e. The fourth-order valence-electron chi connectivity index (χ4n) is 2.44. The minimum atomic E-state index is -0.186. The molecule has 6 nitrogen and oxygen atoms in total. The topological polar surface area (TPSA) is 61.4 Å². The molecule has 0 radical (unpaired) electrons. The fraction of sp³-hybridized carbons (Fsp3) is 0.312. The molecule has 23 heavy (non-hydrogen) atoms. The van der Waals surface area contributed by atoms with Crippen LogP contribution in [0.4, 0.5) is 11.6 Å². The molecule has 1 aromatic heterocycles. The molecule has 1 aromatic carbocycles. The predicted molar refractivity (Wildman–Crippen MR) is 93.8 cm³/mol. The summed E-state index contributed by atoms with van der Waals surface area (Å²) in [5.74, 6) is 1.17. The predicted octanol–water partition coefficient (Wildman–Crippen LogP) is 2.24. The summed E-state index contributed by atoms with van der Waals surface area (Å²) in [5, 5.41) is 2.83. The molecule has 1 amide bonds. The Kier molecular flexibility index (Phi) is 4.88. The van der Waals surface area contributed by atoms with Crippen LogP contribution in [0.15, 0.2) is 41.1 Å². The van der Waals surface area contributed by atoms with Crippen LogP contribution in [-0.4, -0.2) is 54.0 Å². The number of hydrogen-bond acceptors (Lipinski definition) is 5. The summed E-state index contributed by atoms with van der Waals surface area (Å²) in [6.07, 6.45) is 1.49. The number of likely N-dealkylation sites (N-methyl/N-ethyl adjacent to an activating group) is 1. The van der Waals surface area contributed by atoms with Crippen molar-refractivity contribution in [3.63, 3.8) is 0 Å². The Morgan fingerprint density at radius 3 is 2.70 bits per heavy atom. The van der Waals surface area contributed by atoms with Gasteiger partial charge >= 0.3 is 0 Å². The molecular weight excluding hydrogens is 358 g/mol. The lowest BCUT2D eigenvalue weighted by Gasteiger charge is -2.33. The minimum Gasteiger partial charge on any atom is -0.354 e. The van der Waals surface area contributed by atoms with Crippen molar-refractivity contribution in [1.29, 1.82) is 0 Å². The van der Waals surface area contributed by atoms with Crippen LogP contribution in [-0.2, 0) is 0 Å². The van der Waals surface area contributed by atoms with Crippen LogP contribution < -0.4 is 10.2 Å². The molecule has 3 rings (SSSR count). The van der Waals surface area contributed by atoms with Crippen LogP contribution in [0.5, 0.6) is 0 Å². The third kappa shape index (κ3) is 4.05. The molecule has 1 N–H and O–H groups in total. The van der Waals surface area contributed by atoms with Gasteiger partial charge < -0.3 is 15.1 Å². The fourth-order valence-corrected chi connectivity index (χ4v) is 2.84. The van der Waals surface area contributed by atoms with Crippen molar-refractivity contribution in [2.24, 2.45) is 0 Å². The van der Waals surface area contributed by atoms with E-state index in [4.69, 9.17) is 0 Å². The standard InChI is InChI=1S/C16H18BrN5O/c1-21-5-7-22(8-6-21)15-10-14(18-11-19-15)20-16(23)12-3-2-4-13(17)9-12/h2-4,9-11H,5-8H2,1H3,(H,18,19,20,23). The van der Waals surface area contributed by atoms with Gasteiger partial charge in [-0.15, -0.1) is 0 Å². The van der Waals surface area contributed by atoms with Gasteiger partial charge in [-0.2, -0.15) is 0 Å². The molecule has 1 fully saturated rings. The van der Waals surface area contributed by atoms with Crippen molar-refractivity contribution in [2.45, 2.75) is 0 Å². The van der Waals surface area contributed by atoms with Gasteiger partial charge in [0.1, 0.15) is 18.0 Å². The summed E-state index contributed by atoms with van der Waals surface area (Å²) in [7, 11) is 2.11. The van der Waals surface area contributed by atoms with E-state index < -0.39 is 0 Å². The zero-order valence-electron chi connectivity index (χ0n) is 12.9. The van der Waals surface area contributed by atoms with Gasteiger partial charge in [-0.25, -0.2) is 9.97 Å². The zero-order valence-corrected chi connectivity index (χ0v) is 14.5. The molecule has 1 aliphatic rings. The van der Waals surface area contributed by atoms with E-state index in [2.05, 4.69) is 48.1 Å². The van der Waals surface area contributed by atoms with E-state index in [1.807, 2.05) is 18.2 Å². The highest BCUT2D eigenvalue weighted by Gasteiger charge is 2.16. The van der Waals surface area contributed by atoms with E-state index in [9.17, 15) is 4.79 Å². The number of nitrogens with zero attached hydrogens (tertiary/aromatic N) is 4. The number of hydrogen-bond donors (Lipinski definition) is 1. The first-order chi connectivity index (χ1) is 11.1. The molecule has 0 bridgehead atoms. The summed E-state index contributed by atoms with van der Waals surface area (Å²) in [6, 6.07) is 9.07. The second-order valence-electron chi connectivity index (χ2n) is 5.52. The Bertz CT molecular complexity index is 700. The lowest BCUT2D eigenvalue weighted by atomic mass is 10.2. The number of anilines is 2. The number of rotatable bonds is 3. The molecule has 0 aliphatic carbocycles. The third-order valence-corrected chi connectivity index (χ3v) is 4.30. The molecular formula is C16H18BrN5O. The zero-order chi connectivity index (χ0) is 16.2. The van der Waals surface area contributed by atoms with E-state index in [0.29, 0.717) is 11.4 Å². The normalized spacial score (nSPS) is 15.5. The Hall–Kier alpha value is -1.99. The van der Waals surface area contributed by atoms with Crippen LogP contribution in [0.2, 0.25) is 0 Å². The van der Waals surface area contributed by atoms with E-state index >= 15 is 0 Å². The molecule has 7 heteroatoms. The average molecular weight is 376 g/mol. The van der Waals surface area contributed by atoms with Crippen molar-refractivity contribution >= 4 is 33.5 Å². The first kappa shape index (κ1) is 15.9. The van der Waals surface area contributed by atoms with Gasteiger partial charge in [-0.1, -0.05) is 22.0 Å². The van der Waals surface area contributed by atoms with Crippen molar-refractivity contribution in [3.05, 3.63) is 46.7 Å². The van der Waals surface area contributed by atoms with Crippen LogP contribution in [0.25, 0.3) is 0 Å². The van der Waals surface area contributed by atoms with E-state index in [1.54, 1.807) is 12.1 Å². The van der Waals surface area contributed by atoms with Gasteiger partial charge in [-0.3, -0.25) is 4.79 Å². The summed E-state index contributed by atoms with van der Waals surface area (Å²) in [6.45, 7) is 3.85. The Labute approximate surface area is 143 Å². The number of benzene rings is 1. The highest BCUT2D eigenvalue weighted by atomic mass is 79.9. The average Bonchev–Trinajstić information content (AvgIpc) is 2.56. The van der Waals surface area contributed by atoms with E-state index in [0.717, 1.165) is 36.5 Å². The third-order valence-electron chi connectivity index (χ3n) is 3.81. The van der Waals surface area contributed by atoms with Crippen LogP contribution in [0.1, 0.15) is 10.4 Å². The van der Waals surface area contributed by atoms with Gasteiger partial charge in [-0.05, 0) is 25.2 Å². The molecule has 0 unspecified atom stereocenters. The first-order valence-corrected chi connectivity index (χ1v) is 8.23. The molecule has 2 heterocycles. The summed E-state index contributed by atoms with van der Waals surface area (Å²) >= 11 is 3.37. The second kappa shape index (κ2) is 7.06. The lowest BCUT2D eigenvalue weighted by molar-refractivity contribution is 0.102. The molecule has 0 atom stereocenters. The van der Waals surface area contributed by atoms with Gasteiger partial charge in [0.25, 0.3) is 5.91 Å². The molecule has 1 saturated heterocycles. The highest BCUT2D eigenvalue weighted by Crippen LogP contribution is 2.17. The molecule has 0 saturated carbocycles. The number of carbonyl (C=O) groups is 1. The first-order valence-electron chi connectivity index (χ1n) is 7.44. The molecule has 1 aliphatic heterocycles. The van der Waals surface area contributed by atoms with Crippen molar-refractivity contribution in [2.75, 3.05) is 43.4 Å². The van der Waals surface area contributed by atoms with E-state index in [-0.39, 0.29) is 5.91 Å². The SMILES string of the molecule is CN1CCN(c2cc(NC(=O)c3cccc(Br)c3)ncn2)CC1. The second-order valence-corrected chi connectivity index (χ2v) is 6.43. The summed E-state index contributed by atoms with van der Waals surface area (Å²) < 4.78 is 0.867. The number of amides is 1. The van der Waals surface area contributed by atoms with Crippen LogP contribution in [0.3, 0.4) is 0 Å². The number of nitrogens with one attached hydrogen (secondary N) is 1. The highest BCUT2D eigenvalue weighted by molar-refractivity contribution is 9.10. The monoisotopic (exact) mass is 375 g/mol. The quantitative estimate of drug-likeness (QED) is 0.891. The van der Waals surface area contributed by atoms with Crippen molar-refractivity contribution in [1.82, 2.24) is 14.9 Å². The Morgan fingerprint density at radius 2 is 1.96 bits per heavy atom. The summed E-state index contributed by atoms with van der Waals surface area (Å²) in [5.41, 5.74) is 0.583. The summed E-state index contributed by atoms with van der Waals surface area (Å²) in [4.78, 5) is 25.2. The number of aromatic nitrogens is 2. The van der Waals surface area contributed by atoms with E-state index in [1.165, 1.54) is 6.33 Å². The van der Waals surface area contributed by atoms with Gasteiger partial charge in [0.2, 0.25) is 0 Å². The smallest absolute Gasteiger partial charge is 0.256 e. The van der Waals surface area contributed by atoms with Crippen molar-refractivity contribution < 1.29 is 4.79 Å². The Morgan fingerprint density at radius 1 is 1.17 bits per heavy atom. The Balaban J connectivity index is 1.71. The van der Waals surface area contributed by atoms with Crippen LogP contribution in [0, 0.1) is 0 Å². The minimum absolute atomic E-state index is 0.186. The maximum absolute atomic E-state index is 12.3. The van der Waals surface area contributed by atoms with Crippen molar-refractivity contribution in [3.8, 4) is 0 Å². The van der Waals surface area contributed by atoms with Gasteiger partial charge in [0, 0.05) is 42.3 Å². The molecule has 120 valence electrons. The van der Waals surface area contributed by atoms with Crippen LogP contribution >= 0.6 is 15.9 Å². The maximum Gasteiger partial charge on any atom is 0.256 e. The lowest BCUT2D eigenvalue weighted by Crippen LogP contribution is -2.44. The molecule has 2 aromatic rings. The maximum atomic E-state index is 12.3. The van der Waals surface area contributed by atoms with Gasteiger partial charge in [0.15, 0.2) is 0 Å².